The summed E-state index contributed by atoms with van der Waals surface area (Å²) in [6.45, 7) is 18.8. The number of ketones is 1. The van der Waals surface area contributed by atoms with E-state index in [-0.39, 0.29) is 30.6 Å². The number of hydrogen-bond donors (Lipinski definition) is 0. The molecule has 0 aromatic heterocycles. The number of ether oxygens (including phenoxy) is 5. The van der Waals surface area contributed by atoms with Crippen LogP contribution in [-0.4, -0.2) is 57.7 Å². The minimum absolute atomic E-state index is 0.160. The largest absolute Gasteiger partial charge is 0.497 e. The summed E-state index contributed by atoms with van der Waals surface area (Å²) in [5, 5.41) is -0.160. The van der Waals surface area contributed by atoms with Crippen LogP contribution < -0.4 is 4.74 Å². The molecule has 1 aliphatic rings. The lowest BCUT2D eigenvalue weighted by Crippen LogP contribution is -2.66. The van der Waals surface area contributed by atoms with Crippen molar-refractivity contribution in [2.75, 3.05) is 7.11 Å². The number of benzene rings is 3. The van der Waals surface area contributed by atoms with E-state index in [1.807, 2.05) is 84.9 Å². The highest BCUT2D eigenvalue weighted by Crippen LogP contribution is 2.46. The molecular formula is C41H56O8Si. The Hall–Kier alpha value is -3.34. The van der Waals surface area contributed by atoms with Crippen LogP contribution >= 0.6 is 0 Å². The molecule has 0 heterocycles. The third-order valence-electron chi connectivity index (χ3n) is 10.3. The number of carbonyl (C=O) groups is 2. The molecular weight excluding hydrogens is 649 g/mol. The molecule has 1 saturated carbocycles. The smallest absolute Gasteiger partial charge is 0.303 e. The van der Waals surface area contributed by atoms with Gasteiger partial charge in [-0.15, -0.1) is 0 Å². The van der Waals surface area contributed by atoms with Gasteiger partial charge in [-0.1, -0.05) is 114 Å². The summed E-state index contributed by atoms with van der Waals surface area (Å²) in [6.07, 6.45) is -4.18. The minimum Gasteiger partial charge on any atom is -0.497 e. The van der Waals surface area contributed by atoms with Crippen LogP contribution in [0, 0.1) is 11.3 Å². The summed E-state index contributed by atoms with van der Waals surface area (Å²) in [6, 6.07) is 27.3. The zero-order valence-corrected chi connectivity index (χ0v) is 32.4. The lowest BCUT2D eigenvalue weighted by atomic mass is 9.69. The Kier molecular flexibility index (Phi) is 13.2. The maximum atomic E-state index is 14.8. The van der Waals surface area contributed by atoms with Crippen molar-refractivity contribution in [3.05, 3.63) is 102 Å². The van der Waals surface area contributed by atoms with Gasteiger partial charge in [0.1, 0.15) is 24.1 Å². The van der Waals surface area contributed by atoms with Crippen molar-refractivity contribution in [3.63, 3.8) is 0 Å². The van der Waals surface area contributed by atoms with E-state index in [4.69, 9.17) is 28.1 Å². The van der Waals surface area contributed by atoms with Gasteiger partial charge in [0, 0.05) is 12.3 Å². The second-order valence-corrected chi connectivity index (χ2v) is 20.2. The van der Waals surface area contributed by atoms with Crippen molar-refractivity contribution in [3.8, 4) is 5.75 Å². The Morgan fingerprint density at radius 3 is 1.74 bits per heavy atom. The molecule has 0 saturated heterocycles. The van der Waals surface area contributed by atoms with Gasteiger partial charge >= 0.3 is 5.97 Å². The zero-order chi connectivity index (χ0) is 36.7. The molecule has 4 rings (SSSR count). The summed E-state index contributed by atoms with van der Waals surface area (Å²) < 4.78 is 39.1. The van der Waals surface area contributed by atoms with Gasteiger partial charge in [0.05, 0.1) is 45.1 Å². The van der Waals surface area contributed by atoms with Gasteiger partial charge < -0.3 is 28.1 Å². The molecule has 0 spiro atoms. The number of esters is 1. The first-order valence-electron chi connectivity index (χ1n) is 17.5. The quantitative estimate of drug-likeness (QED) is 0.130. The predicted octanol–water partition coefficient (Wildman–Crippen LogP) is 8.32. The fourth-order valence-corrected chi connectivity index (χ4v) is 7.58. The van der Waals surface area contributed by atoms with Gasteiger partial charge in [0.25, 0.3) is 0 Å². The second-order valence-electron chi connectivity index (χ2n) is 15.4. The molecule has 1 aliphatic carbocycles. The van der Waals surface area contributed by atoms with Gasteiger partial charge in [-0.2, -0.15) is 0 Å². The molecule has 0 bridgehead atoms. The molecule has 50 heavy (non-hydrogen) atoms. The minimum atomic E-state index is -2.51. The normalized spacial score (nSPS) is 24.2. The van der Waals surface area contributed by atoms with Gasteiger partial charge in [-0.05, 0) is 47.0 Å². The highest BCUT2D eigenvalue weighted by molar-refractivity contribution is 6.74. The summed E-state index contributed by atoms with van der Waals surface area (Å²) in [4.78, 5) is 27.6. The van der Waals surface area contributed by atoms with Crippen LogP contribution in [0.5, 0.6) is 5.75 Å². The standard InChI is InChI=1S/C41H56O8Si/c1-28-34(43)36(45-25-30-17-13-11-14-18-30)39(49-50(9,10)40(3,4)5)41(6,7)38(47-27-32-21-23-33(44-8)24-22-32)37(35(28)48-29(2)42)46-26-31-19-15-12-16-20-31/h11-24,28,35-39H,25-27H2,1-10H3/t28-,35+,36-,37-,38-,39-/m0/s1. The van der Waals surface area contributed by atoms with Crippen LogP contribution in [0.2, 0.25) is 18.1 Å². The maximum Gasteiger partial charge on any atom is 0.303 e. The van der Waals surface area contributed by atoms with Crippen LogP contribution in [0.15, 0.2) is 84.9 Å². The Morgan fingerprint density at radius 2 is 1.24 bits per heavy atom. The van der Waals surface area contributed by atoms with Gasteiger partial charge in [-0.3, -0.25) is 9.59 Å². The number of hydrogen-bond acceptors (Lipinski definition) is 8. The predicted molar refractivity (Wildman–Crippen MR) is 197 cm³/mol. The average Bonchev–Trinajstić information content (AvgIpc) is 3.08. The second kappa shape index (κ2) is 16.8. The van der Waals surface area contributed by atoms with Crippen LogP contribution in [0.1, 0.15) is 65.2 Å². The van der Waals surface area contributed by atoms with Crippen molar-refractivity contribution < 1.29 is 37.7 Å². The molecule has 6 atom stereocenters. The molecule has 0 aliphatic heterocycles. The van der Waals surface area contributed by atoms with E-state index in [9.17, 15) is 9.59 Å². The fourth-order valence-electron chi connectivity index (χ4n) is 6.17. The molecule has 0 radical (unpaired) electrons. The van der Waals surface area contributed by atoms with E-state index in [1.54, 1.807) is 14.0 Å². The third kappa shape index (κ3) is 9.70. The molecule has 0 unspecified atom stereocenters. The van der Waals surface area contributed by atoms with Gasteiger partial charge in [0.15, 0.2) is 14.1 Å². The monoisotopic (exact) mass is 704 g/mol. The highest BCUT2D eigenvalue weighted by atomic mass is 28.4. The Labute approximate surface area is 299 Å². The van der Waals surface area contributed by atoms with Crippen LogP contribution in [0.3, 0.4) is 0 Å². The molecule has 272 valence electrons. The molecule has 3 aromatic rings. The van der Waals surface area contributed by atoms with Crippen molar-refractivity contribution in [1.29, 1.82) is 0 Å². The van der Waals surface area contributed by atoms with Crippen LogP contribution in [-0.2, 0) is 52.8 Å². The Bertz CT molecular complexity index is 1520. The van der Waals surface area contributed by atoms with E-state index < -0.39 is 56.1 Å². The molecule has 8 nitrogen and oxygen atoms in total. The van der Waals surface area contributed by atoms with E-state index in [2.05, 4.69) is 47.7 Å². The number of methoxy groups -OCH3 is 1. The number of Topliss-reactive ketones (excluding diaryl/α,β-unsaturated/α-hetero) is 1. The number of carbonyl (C=O) groups excluding carboxylic acids is 2. The van der Waals surface area contributed by atoms with E-state index in [0.29, 0.717) is 0 Å². The SMILES string of the molecule is COc1ccc(CO[C@H]2[C@@H](OCc3ccccc3)[C@H](OC(C)=O)[C@@H](C)C(=O)[C@H](OCc3ccccc3)[C@H](O[Si](C)(C)C(C)(C)C)C2(C)C)cc1. The van der Waals surface area contributed by atoms with Crippen LogP contribution in [0.4, 0.5) is 0 Å². The first-order valence-corrected chi connectivity index (χ1v) is 20.4. The summed E-state index contributed by atoms with van der Waals surface area (Å²) in [5.41, 5.74) is 1.92. The highest BCUT2D eigenvalue weighted by Gasteiger charge is 2.58. The van der Waals surface area contributed by atoms with E-state index in [1.165, 1.54) is 6.92 Å². The zero-order valence-electron chi connectivity index (χ0n) is 31.4. The van der Waals surface area contributed by atoms with Crippen molar-refractivity contribution in [2.45, 2.75) is 117 Å². The average molecular weight is 705 g/mol. The van der Waals surface area contributed by atoms with E-state index in [0.717, 1.165) is 22.4 Å². The van der Waals surface area contributed by atoms with Crippen molar-refractivity contribution >= 4 is 20.1 Å². The van der Waals surface area contributed by atoms with Gasteiger partial charge in [0.2, 0.25) is 0 Å². The molecule has 0 N–H and O–H groups in total. The molecule has 0 amide bonds. The lowest BCUT2D eigenvalue weighted by molar-refractivity contribution is -0.226. The van der Waals surface area contributed by atoms with Crippen molar-refractivity contribution in [2.24, 2.45) is 11.3 Å². The van der Waals surface area contributed by atoms with E-state index >= 15 is 0 Å². The molecule has 9 heteroatoms. The Balaban J connectivity index is 1.87. The Morgan fingerprint density at radius 1 is 0.740 bits per heavy atom. The van der Waals surface area contributed by atoms with Crippen LogP contribution in [0.25, 0.3) is 0 Å². The summed E-state index contributed by atoms with van der Waals surface area (Å²) in [5.74, 6) is -0.765. The maximum absolute atomic E-state index is 14.8. The first-order chi connectivity index (χ1) is 23.5. The summed E-state index contributed by atoms with van der Waals surface area (Å²) in [7, 11) is -0.880. The molecule has 1 fully saturated rings. The number of rotatable bonds is 13. The molecule has 3 aromatic carbocycles. The lowest BCUT2D eigenvalue weighted by Gasteiger charge is -2.53. The van der Waals surface area contributed by atoms with Gasteiger partial charge in [-0.25, -0.2) is 0 Å². The first kappa shape index (κ1) is 39.4. The topological polar surface area (TPSA) is 89.5 Å². The third-order valence-corrected chi connectivity index (χ3v) is 14.7. The fraction of sp³-hybridized carbons (Fsp3) is 0.512. The van der Waals surface area contributed by atoms with Crippen molar-refractivity contribution in [1.82, 2.24) is 0 Å². The summed E-state index contributed by atoms with van der Waals surface area (Å²) >= 11 is 0.